The number of ether oxygens (including phenoxy) is 1. The van der Waals surface area contributed by atoms with Gasteiger partial charge in [-0.3, -0.25) is 0 Å². The Hall–Kier alpha value is -2.17. The number of hydrogen-bond acceptors (Lipinski definition) is 4. The molecule has 0 amide bonds. The Morgan fingerprint density at radius 1 is 0.913 bits per heavy atom. The van der Waals surface area contributed by atoms with Gasteiger partial charge in [-0.2, -0.15) is 0 Å². The first kappa shape index (κ1) is 15.7. The van der Waals surface area contributed by atoms with Crippen LogP contribution in [0.1, 0.15) is 0 Å². The number of aliphatic hydroxyl groups excluding tert-OH is 1. The molecule has 3 rings (SSSR count). The third-order valence-corrected chi connectivity index (χ3v) is 4.62. The molecule has 0 bridgehead atoms. The molecule has 0 aliphatic rings. The highest BCUT2D eigenvalue weighted by molar-refractivity contribution is 7.99. The Morgan fingerprint density at radius 3 is 2.48 bits per heavy atom. The molecule has 3 nitrogen and oxygen atoms in total. The second-order valence-electron chi connectivity index (χ2n) is 5.25. The van der Waals surface area contributed by atoms with E-state index in [9.17, 15) is 10.2 Å². The fourth-order valence-corrected chi connectivity index (χ4v) is 3.10. The molecule has 0 saturated carbocycles. The minimum atomic E-state index is -0.562. The van der Waals surface area contributed by atoms with E-state index in [0.29, 0.717) is 5.75 Å². The average molecular weight is 326 g/mol. The van der Waals surface area contributed by atoms with Crippen LogP contribution >= 0.6 is 11.8 Å². The zero-order valence-corrected chi connectivity index (χ0v) is 13.4. The first-order valence-corrected chi connectivity index (χ1v) is 8.41. The molecule has 0 aromatic heterocycles. The Bertz CT molecular complexity index is 766. The van der Waals surface area contributed by atoms with E-state index in [0.717, 1.165) is 21.4 Å². The average Bonchev–Trinajstić information content (AvgIpc) is 2.59. The van der Waals surface area contributed by atoms with Gasteiger partial charge in [-0.15, -0.1) is 11.8 Å². The lowest BCUT2D eigenvalue weighted by Crippen LogP contribution is -2.20. The summed E-state index contributed by atoms with van der Waals surface area (Å²) in [5.74, 6) is 1.57. The SMILES string of the molecule is Oc1ccc(SCC(O)COc2cccc3ccccc23)cc1. The standard InChI is InChI=1S/C19H18O3S/c20-15-8-10-17(11-9-15)23-13-16(21)12-22-19-7-3-5-14-4-1-2-6-18(14)19/h1-11,16,20-21H,12-13H2. The summed E-state index contributed by atoms with van der Waals surface area (Å²) in [6.07, 6.45) is -0.562. The largest absolute Gasteiger partial charge is 0.508 e. The van der Waals surface area contributed by atoms with Crippen molar-refractivity contribution in [3.05, 3.63) is 66.7 Å². The summed E-state index contributed by atoms with van der Waals surface area (Å²) in [7, 11) is 0. The lowest BCUT2D eigenvalue weighted by Gasteiger charge is -2.13. The van der Waals surface area contributed by atoms with Gasteiger partial charge in [0.05, 0.1) is 6.10 Å². The molecule has 0 radical (unpaired) electrons. The van der Waals surface area contributed by atoms with Gasteiger partial charge in [0.1, 0.15) is 18.1 Å². The minimum absolute atomic E-state index is 0.245. The second kappa shape index (κ2) is 7.40. The van der Waals surface area contributed by atoms with Gasteiger partial charge in [0.25, 0.3) is 0 Å². The normalized spacial score (nSPS) is 12.2. The topological polar surface area (TPSA) is 49.7 Å². The van der Waals surface area contributed by atoms with Crippen LogP contribution in [-0.4, -0.2) is 28.7 Å². The van der Waals surface area contributed by atoms with Crippen molar-refractivity contribution in [2.24, 2.45) is 0 Å². The molecular weight excluding hydrogens is 308 g/mol. The van der Waals surface area contributed by atoms with Gasteiger partial charge in [0, 0.05) is 16.0 Å². The van der Waals surface area contributed by atoms with Crippen molar-refractivity contribution >= 4 is 22.5 Å². The predicted molar refractivity (Wildman–Crippen MR) is 94.3 cm³/mol. The van der Waals surface area contributed by atoms with Crippen molar-refractivity contribution < 1.29 is 14.9 Å². The maximum Gasteiger partial charge on any atom is 0.127 e. The lowest BCUT2D eigenvalue weighted by molar-refractivity contribution is 0.127. The van der Waals surface area contributed by atoms with Crippen LogP contribution in [-0.2, 0) is 0 Å². The fourth-order valence-electron chi connectivity index (χ4n) is 2.29. The van der Waals surface area contributed by atoms with E-state index in [4.69, 9.17) is 4.74 Å². The number of hydrogen-bond donors (Lipinski definition) is 2. The molecular formula is C19H18O3S. The molecule has 4 heteroatoms. The molecule has 1 atom stereocenters. The van der Waals surface area contributed by atoms with Crippen LogP contribution in [0.5, 0.6) is 11.5 Å². The van der Waals surface area contributed by atoms with Gasteiger partial charge in [0.2, 0.25) is 0 Å². The van der Waals surface area contributed by atoms with Gasteiger partial charge in [-0.05, 0) is 35.7 Å². The summed E-state index contributed by atoms with van der Waals surface area (Å²) < 4.78 is 5.79. The summed E-state index contributed by atoms with van der Waals surface area (Å²) >= 11 is 1.53. The van der Waals surface area contributed by atoms with Gasteiger partial charge < -0.3 is 14.9 Å². The van der Waals surface area contributed by atoms with Crippen LogP contribution < -0.4 is 4.74 Å². The fraction of sp³-hybridized carbons (Fsp3) is 0.158. The molecule has 2 N–H and O–H groups in total. The van der Waals surface area contributed by atoms with E-state index in [1.165, 1.54) is 11.8 Å². The predicted octanol–water partition coefficient (Wildman–Crippen LogP) is 4.08. The summed E-state index contributed by atoms with van der Waals surface area (Å²) in [6, 6.07) is 20.9. The smallest absolute Gasteiger partial charge is 0.127 e. The number of phenols is 1. The van der Waals surface area contributed by atoms with Crippen molar-refractivity contribution in [2.45, 2.75) is 11.0 Å². The summed E-state index contributed by atoms with van der Waals surface area (Å²) in [5, 5.41) is 21.5. The van der Waals surface area contributed by atoms with E-state index < -0.39 is 6.10 Å². The summed E-state index contributed by atoms with van der Waals surface area (Å²) in [6.45, 7) is 0.249. The third-order valence-electron chi connectivity index (χ3n) is 3.46. The summed E-state index contributed by atoms with van der Waals surface area (Å²) in [4.78, 5) is 1.01. The van der Waals surface area contributed by atoms with E-state index in [1.807, 2.05) is 54.6 Å². The zero-order valence-electron chi connectivity index (χ0n) is 12.6. The first-order chi connectivity index (χ1) is 11.2. The Labute approximate surface area is 139 Å². The maximum absolute atomic E-state index is 10.1. The molecule has 0 aliphatic heterocycles. The first-order valence-electron chi connectivity index (χ1n) is 7.43. The van der Waals surface area contributed by atoms with E-state index in [2.05, 4.69) is 0 Å². The molecule has 3 aromatic carbocycles. The Balaban J connectivity index is 1.56. The number of phenolic OH excluding ortho intramolecular Hbond substituents is 1. The van der Waals surface area contributed by atoms with Gasteiger partial charge in [-0.1, -0.05) is 36.4 Å². The maximum atomic E-state index is 10.1. The van der Waals surface area contributed by atoms with Crippen LogP contribution in [0.25, 0.3) is 10.8 Å². The lowest BCUT2D eigenvalue weighted by atomic mass is 10.1. The molecule has 0 heterocycles. The molecule has 118 valence electrons. The Kier molecular flexibility index (Phi) is 5.05. The quantitative estimate of drug-likeness (QED) is 0.670. The number of fused-ring (bicyclic) bond motifs is 1. The molecule has 23 heavy (non-hydrogen) atoms. The van der Waals surface area contributed by atoms with Crippen molar-refractivity contribution in [1.29, 1.82) is 0 Å². The number of benzene rings is 3. The Morgan fingerprint density at radius 2 is 1.65 bits per heavy atom. The third kappa shape index (κ3) is 4.18. The minimum Gasteiger partial charge on any atom is -0.508 e. The number of thioether (sulfide) groups is 1. The van der Waals surface area contributed by atoms with Crippen LogP contribution in [0.4, 0.5) is 0 Å². The van der Waals surface area contributed by atoms with E-state index in [-0.39, 0.29) is 12.4 Å². The van der Waals surface area contributed by atoms with Gasteiger partial charge >= 0.3 is 0 Å². The van der Waals surface area contributed by atoms with Crippen LogP contribution in [0.2, 0.25) is 0 Å². The summed E-state index contributed by atoms with van der Waals surface area (Å²) in [5.41, 5.74) is 0. The monoisotopic (exact) mass is 326 g/mol. The van der Waals surface area contributed by atoms with Crippen LogP contribution in [0, 0.1) is 0 Å². The number of rotatable bonds is 6. The molecule has 3 aromatic rings. The number of aromatic hydroxyl groups is 1. The van der Waals surface area contributed by atoms with Crippen molar-refractivity contribution in [1.82, 2.24) is 0 Å². The van der Waals surface area contributed by atoms with Crippen molar-refractivity contribution in [3.63, 3.8) is 0 Å². The molecule has 1 unspecified atom stereocenters. The highest BCUT2D eigenvalue weighted by Gasteiger charge is 2.08. The molecule has 0 fully saturated rings. The van der Waals surface area contributed by atoms with E-state index in [1.54, 1.807) is 12.1 Å². The van der Waals surface area contributed by atoms with Gasteiger partial charge in [0.15, 0.2) is 0 Å². The highest BCUT2D eigenvalue weighted by atomic mass is 32.2. The van der Waals surface area contributed by atoms with Crippen LogP contribution in [0.15, 0.2) is 71.6 Å². The second-order valence-corrected chi connectivity index (χ2v) is 6.34. The highest BCUT2D eigenvalue weighted by Crippen LogP contribution is 2.26. The van der Waals surface area contributed by atoms with Crippen molar-refractivity contribution in [2.75, 3.05) is 12.4 Å². The molecule has 0 saturated heterocycles. The van der Waals surface area contributed by atoms with Crippen molar-refractivity contribution in [3.8, 4) is 11.5 Å². The number of aliphatic hydroxyl groups is 1. The zero-order chi connectivity index (χ0) is 16.1. The molecule has 0 aliphatic carbocycles. The molecule has 0 spiro atoms. The van der Waals surface area contributed by atoms with Crippen LogP contribution in [0.3, 0.4) is 0 Å². The van der Waals surface area contributed by atoms with Gasteiger partial charge in [-0.25, -0.2) is 0 Å². The van der Waals surface area contributed by atoms with E-state index >= 15 is 0 Å².